The molecule has 0 spiro atoms. The number of nitrogens with zero attached hydrogens (tertiary/aromatic N) is 2. The fourth-order valence-corrected chi connectivity index (χ4v) is 2.67. The Morgan fingerprint density at radius 1 is 1.08 bits per heavy atom. The van der Waals surface area contributed by atoms with Gasteiger partial charge in [0.05, 0.1) is 13.5 Å². The molecule has 2 amide bonds. The van der Waals surface area contributed by atoms with Gasteiger partial charge >= 0.3 is 12.1 Å². The molecule has 1 aromatic rings. The van der Waals surface area contributed by atoms with E-state index < -0.39 is 12.1 Å². The monoisotopic (exact) mass is 344 g/mol. The number of para-hydroxylation sites is 1. The lowest BCUT2D eigenvalue weighted by Gasteiger charge is -2.23. The van der Waals surface area contributed by atoms with Crippen molar-refractivity contribution in [1.29, 1.82) is 0 Å². The summed E-state index contributed by atoms with van der Waals surface area (Å²) in [4.78, 5) is 26.0. The molecule has 24 heavy (non-hydrogen) atoms. The van der Waals surface area contributed by atoms with Crippen LogP contribution in [-0.4, -0.2) is 61.1 Å². The van der Waals surface area contributed by atoms with Crippen LogP contribution in [0.3, 0.4) is 0 Å². The van der Waals surface area contributed by atoms with Crippen LogP contribution in [0, 0.1) is 0 Å². The van der Waals surface area contributed by atoms with Gasteiger partial charge in [-0.3, -0.25) is 9.59 Å². The number of amides is 2. The molecule has 1 aliphatic rings. The van der Waals surface area contributed by atoms with Crippen LogP contribution in [0.2, 0.25) is 0 Å². The first-order chi connectivity index (χ1) is 11.3. The van der Waals surface area contributed by atoms with Crippen molar-refractivity contribution in [2.24, 2.45) is 0 Å². The minimum Gasteiger partial charge on any atom is -0.496 e. The first-order valence-electron chi connectivity index (χ1n) is 7.58. The highest BCUT2D eigenvalue weighted by Crippen LogP contribution is 2.21. The average Bonchev–Trinajstić information content (AvgIpc) is 2.79. The van der Waals surface area contributed by atoms with Gasteiger partial charge in [-0.15, -0.1) is 0 Å². The number of hydrogen-bond acceptors (Lipinski definition) is 3. The van der Waals surface area contributed by atoms with Crippen molar-refractivity contribution in [3.63, 3.8) is 0 Å². The number of alkyl halides is 3. The molecule has 5 nitrogen and oxygen atoms in total. The number of ether oxygens (including phenoxy) is 1. The highest BCUT2D eigenvalue weighted by atomic mass is 19.4. The van der Waals surface area contributed by atoms with E-state index in [1.54, 1.807) is 24.3 Å². The average molecular weight is 344 g/mol. The van der Waals surface area contributed by atoms with E-state index in [4.69, 9.17) is 4.74 Å². The predicted octanol–water partition coefficient (Wildman–Crippen LogP) is 1.86. The molecule has 0 N–H and O–H groups in total. The summed E-state index contributed by atoms with van der Waals surface area (Å²) in [7, 11) is 1.51. The van der Waals surface area contributed by atoms with E-state index in [1.165, 1.54) is 12.0 Å². The lowest BCUT2D eigenvalue weighted by molar-refractivity contribution is -0.185. The summed E-state index contributed by atoms with van der Waals surface area (Å²) in [6.45, 7) is 0.304. The lowest BCUT2D eigenvalue weighted by Crippen LogP contribution is -2.43. The highest BCUT2D eigenvalue weighted by Gasteiger charge is 2.42. The fourth-order valence-electron chi connectivity index (χ4n) is 2.67. The number of hydrogen-bond donors (Lipinski definition) is 0. The van der Waals surface area contributed by atoms with Gasteiger partial charge in [0.2, 0.25) is 5.91 Å². The Labute approximate surface area is 138 Å². The molecule has 2 rings (SSSR count). The van der Waals surface area contributed by atoms with E-state index in [0.29, 0.717) is 18.7 Å². The second-order valence-electron chi connectivity index (χ2n) is 5.51. The SMILES string of the molecule is COc1ccccc1CC(=O)N1CCCN(C(=O)C(F)(F)F)CC1. The highest BCUT2D eigenvalue weighted by molar-refractivity contribution is 5.82. The fraction of sp³-hybridized carbons (Fsp3) is 0.500. The van der Waals surface area contributed by atoms with Crippen LogP contribution in [0.5, 0.6) is 5.75 Å². The van der Waals surface area contributed by atoms with Gasteiger partial charge in [0.1, 0.15) is 5.75 Å². The zero-order valence-corrected chi connectivity index (χ0v) is 13.3. The quantitative estimate of drug-likeness (QED) is 0.841. The molecule has 0 aliphatic carbocycles. The Morgan fingerprint density at radius 2 is 1.71 bits per heavy atom. The van der Waals surface area contributed by atoms with Crippen molar-refractivity contribution in [3.05, 3.63) is 29.8 Å². The molecule has 0 aromatic heterocycles. The van der Waals surface area contributed by atoms with Crippen molar-refractivity contribution in [1.82, 2.24) is 9.80 Å². The van der Waals surface area contributed by atoms with Gasteiger partial charge < -0.3 is 14.5 Å². The van der Waals surface area contributed by atoms with Crippen LogP contribution in [-0.2, 0) is 16.0 Å². The minimum atomic E-state index is -4.88. The second-order valence-corrected chi connectivity index (χ2v) is 5.51. The van der Waals surface area contributed by atoms with Gasteiger partial charge in [-0.2, -0.15) is 13.2 Å². The molecule has 0 unspecified atom stereocenters. The van der Waals surface area contributed by atoms with E-state index in [-0.39, 0.29) is 32.0 Å². The lowest BCUT2D eigenvalue weighted by atomic mass is 10.1. The molecule has 0 atom stereocenters. The molecule has 0 bridgehead atoms. The Morgan fingerprint density at radius 3 is 2.38 bits per heavy atom. The van der Waals surface area contributed by atoms with Gasteiger partial charge in [0.15, 0.2) is 0 Å². The van der Waals surface area contributed by atoms with Crippen molar-refractivity contribution in [3.8, 4) is 5.75 Å². The van der Waals surface area contributed by atoms with Crippen LogP contribution in [0.4, 0.5) is 13.2 Å². The maximum atomic E-state index is 12.5. The van der Waals surface area contributed by atoms with Crippen molar-refractivity contribution in [2.45, 2.75) is 19.0 Å². The largest absolute Gasteiger partial charge is 0.496 e. The summed E-state index contributed by atoms with van der Waals surface area (Å²) >= 11 is 0. The van der Waals surface area contributed by atoms with E-state index in [2.05, 4.69) is 0 Å². The summed E-state index contributed by atoms with van der Waals surface area (Å²) in [5, 5.41) is 0. The van der Waals surface area contributed by atoms with Gasteiger partial charge in [-0.25, -0.2) is 0 Å². The van der Waals surface area contributed by atoms with E-state index in [0.717, 1.165) is 10.5 Å². The van der Waals surface area contributed by atoms with Crippen molar-refractivity contribution >= 4 is 11.8 Å². The minimum absolute atomic E-state index is 0.00319. The normalized spacial score (nSPS) is 15.8. The molecular formula is C16H19F3N2O3. The predicted molar refractivity (Wildman–Crippen MR) is 80.5 cm³/mol. The molecule has 1 aliphatic heterocycles. The molecule has 0 saturated carbocycles. The molecule has 132 valence electrons. The van der Waals surface area contributed by atoms with Crippen LogP contribution in [0.15, 0.2) is 24.3 Å². The third-order valence-electron chi connectivity index (χ3n) is 3.91. The zero-order chi connectivity index (χ0) is 17.7. The number of benzene rings is 1. The van der Waals surface area contributed by atoms with Gasteiger partial charge in [0.25, 0.3) is 0 Å². The molecular weight excluding hydrogens is 325 g/mol. The van der Waals surface area contributed by atoms with E-state index in [1.807, 2.05) is 0 Å². The summed E-state index contributed by atoms with van der Waals surface area (Å²) in [5.74, 6) is -1.45. The van der Waals surface area contributed by atoms with Crippen LogP contribution in [0.1, 0.15) is 12.0 Å². The Bertz CT molecular complexity index is 604. The Balaban J connectivity index is 1.98. The smallest absolute Gasteiger partial charge is 0.471 e. The summed E-state index contributed by atoms with van der Waals surface area (Å²) < 4.78 is 42.7. The third-order valence-corrected chi connectivity index (χ3v) is 3.91. The first kappa shape index (κ1) is 18.1. The number of carbonyl (C=O) groups is 2. The van der Waals surface area contributed by atoms with Crippen LogP contribution < -0.4 is 4.74 Å². The molecule has 1 heterocycles. The number of carbonyl (C=O) groups excluding carboxylic acids is 2. The number of halogens is 3. The second kappa shape index (κ2) is 7.55. The zero-order valence-electron chi connectivity index (χ0n) is 13.3. The van der Waals surface area contributed by atoms with Gasteiger partial charge in [0, 0.05) is 31.7 Å². The molecule has 1 saturated heterocycles. The standard InChI is InChI=1S/C16H19F3N2O3/c1-24-13-6-3-2-5-12(13)11-14(22)20-7-4-8-21(10-9-20)15(23)16(17,18)19/h2-3,5-6H,4,7-11H2,1H3. The Kier molecular flexibility index (Phi) is 5.69. The summed E-state index contributed by atoms with van der Waals surface area (Å²) in [5.41, 5.74) is 0.720. The topological polar surface area (TPSA) is 49.9 Å². The van der Waals surface area contributed by atoms with Crippen LogP contribution >= 0.6 is 0 Å². The number of rotatable bonds is 3. The first-order valence-corrected chi connectivity index (χ1v) is 7.58. The van der Waals surface area contributed by atoms with Crippen molar-refractivity contribution in [2.75, 3.05) is 33.3 Å². The van der Waals surface area contributed by atoms with Crippen LogP contribution in [0.25, 0.3) is 0 Å². The third kappa shape index (κ3) is 4.39. The van der Waals surface area contributed by atoms with Crippen molar-refractivity contribution < 1.29 is 27.5 Å². The summed E-state index contributed by atoms with van der Waals surface area (Å²) in [6, 6.07) is 7.10. The van der Waals surface area contributed by atoms with E-state index >= 15 is 0 Å². The molecule has 1 fully saturated rings. The van der Waals surface area contributed by atoms with Gasteiger partial charge in [-0.05, 0) is 12.5 Å². The summed E-state index contributed by atoms with van der Waals surface area (Å²) in [6.07, 6.45) is -4.45. The molecule has 1 aromatic carbocycles. The van der Waals surface area contributed by atoms with Gasteiger partial charge in [-0.1, -0.05) is 18.2 Å². The maximum Gasteiger partial charge on any atom is 0.471 e. The molecule has 0 radical (unpaired) electrons. The molecule has 8 heteroatoms. The maximum absolute atomic E-state index is 12.5. The number of methoxy groups -OCH3 is 1. The Hall–Kier alpha value is -2.25. The van der Waals surface area contributed by atoms with E-state index in [9.17, 15) is 22.8 Å².